The summed E-state index contributed by atoms with van der Waals surface area (Å²) in [5.41, 5.74) is 6.22. The average molecular weight is 182 g/mol. The number of rotatable bonds is 4. The smallest absolute Gasteiger partial charge is 0.0330 e. The van der Waals surface area contributed by atoms with Crippen molar-refractivity contribution in [2.75, 3.05) is 20.1 Å². The Kier molecular flexibility index (Phi) is 2.61. The van der Waals surface area contributed by atoms with E-state index in [1.807, 2.05) is 0 Å². The summed E-state index contributed by atoms with van der Waals surface area (Å²) in [6, 6.07) is 0. The first-order valence-corrected chi connectivity index (χ1v) is 5.68. The van der Waals surface area contributed by atoms with Crippen molar-refractivity contribution in [3.8, 4) is 0 Å². The minimum absolute atomic E-state index is 0.419. The van der Waals surface area contributed by atoms with Gasteiger partial charge < -0.3 is 5.73 Å². The monoisotopic (exact) mass is 182 g/mol. The molecule has 0 amide bonds. The van der Waals surface area contributed by atoms with Crippen molar-refractivity contribution in [3.63, 3.8) is 0 Å². The van der Waals surface area contributed by atoms with Gasteiger partial charge in [-0.25, -0.2) is 0 Å². The maximum Gasteiger partial charge on any atom is 0.0330 e. The molecule has 0 aromatic rings. The second-order valence-corrected chi connectivity index (χ2v) is 4.96. The summed E-state index contributed by atoms with van der Waals surface area (Å²) in [5, 5.41) is 0. The summed E-state index contributed by atoms with van der Waals surface area (Å²) in [6.07, 6.45) is 8.46. The van der Waals surface area contributed by atoms with Crippen LogP contribution in [-0.4, -0.2) is 30.6 Å². The van der Waals surface area contributed by atoms with Crippen molar-refractivity contribution in [1.29, 1.82) is 0 Å². The second-order valence-electron chi connectivity index (χ2n) is 4.96. The van der Waals surface area contributed by atoms with Gasteiger partial charge in [0.1, 0.15) is 0 Å². The molecule has 0 atom stereocenters. The number of likely N-dealkylation sites (N-methyl/N-ethyl adjacent to an activating group) is 1. The molecule has 2 aliphatic rings. The van der Waals surface area contributed by atoms with E-state index < -0.39 is 0 Å². The molecule has 0 bridgehead atoms. The Balaban J connectivity index is 1.80. The lowest BCUT2D eigenvalue weighted by molar-refractivity contribution is 0.193. The minimum atomic E-state index is 0.419. The van der Waals surface area contributed by atoms with Crippen LogP contribution in [0.3, 0.4) is 0 Å². The van der Waals surface area contributed by atoms with Crippen molar-refractivity contribution in [2.45, 2.75) is 44.1 Å². The van der Waals surface area contributed by atoms with E-state index >= 15 is 0 Å². The molecule has 13 heavy (non-hydrogen) atoms. The summed E-state index contributed by atoms with van der Waals surface area (Å²) < 4.78 is 0. The lowest BCUT2D eigenvalue weighted by atomic mass is 10.1. The summed E-state index contributed by atoms with van der Waals surface area (Å²) in [7, 11) is 2.26. The molecule has 0 radical (unpaired) electrons. The van der Waals surface area contributed by atoms with Crippen LogP contribution in [0.1, 0.15) is 38.5 Å². The van der Waals surface area contributed by atoms with Crippen molar-refractivity contribution in [2.24, 2.45) is 11.7 Å². The number of nitrogens with two attached hydrogens (primary N) is 1. The van der Waals surface area contributed by atoms with E-state index in [1.165, 1.54) is 45.1 Å². The molecule has 2 N–H and O–H groups in total. The van der Waals surface area contributed by atoms with Crippen molar-refractivity contribution in [1.82, 2.24) is 4.90 Å². The first-order chi connectivity index (χ1) is 6.27. The highest BCUT2D eigenvalue weighted by Crippen LogP contribution is 2.41. The Morgan fingerprint density at radius 3 is 2.38 bits per heavy atom. The Bertz CT molecular complexity index is 169. The fraction of sp³-hybridized carbons (Fsp3) is 1.00. The highest BCUT2D eigenvalue weighted by molar-refractivity contribution is 5.03. The molecule has 2 heteroatoms. The van der Waals surface area contributed by atoms with Crippen molar-refractivity contribution in [3.05, 3.63) is 0 Å². The molecular weight excluding hydrogens is 160 g/mol. The zero-order valence-corrected chi connectivity index (χ0v) is 8.76. The second kappa shape index (κ2) is 3.58. The normalized spacial score (nSPS) is 27.0. The molecule has 0 aromatic heterocycles. The van der Waals surface area contributed by atoms with Gasteiger partial charge in [0.05, 0.1) is 0 Å². The van der Waals surface area contributed by atoms with Gasteiger partial charge in [0, 0.05) is 18.6 Å². The topological polar surface area (TPSA) is 29.3 Å². The lowest BCUT2D eigenvalue weighted by Crippen LogP contribution is -2.42. The highest BCUT2D eigenvalue weighted by atomic mass is 15.2. The van der Waals surface area contributed by atoms with Gasteiger partial charge in [0.25, 0.3) is 0 Å². The van der Waals surface area contributed by atoms with Crippen LogP contribution in [0.15, 0.2) is 0 Å². The molecule has 2 fully saturated rings. The Morgan fingerprint density at radius 2 is 1.92 bits per heavy atom. The van der Waals surface area contributed by atoms with E-state index in [-0.39, 0.29) is 0 Å². The van der Waals surface area contributed by atoms with Gasteiger partial charge in [0.15, 0.2) is 0 Å². The average Bonchev–Trinajstić information content (AvgIpc) is 2.79. The molecule has 0 heterocycles. The molecule has 76 valence electrons. The zero-order chi connectivity index (χ0) is 9.31. The molecule has 0 aliphatic heterocycles. The number of nitrogens with zero attached hydrogens (tertiary/aromatic N) is 1. The Morgan fingerprint density at radius 1 is 1.31 bits per heavy atom. The predicted molar refractivity (Wildman–Crippen MR) is 55.6 cm³/mol. The summed E-state index contributed by atoms with van der Waals surface area (Å²) in [4.78, 5) is 2.53. The number of hydrogen-bond donors (Lipinski definition) is 1. The summed E-state index contributed by atoms with van der Waals surface area (Å²) in [5.74, 6) is 0.967. The van der Waals surface area contributed by atoms with E-state index in [0.717, 1.165) is 12.5 Å². The lowest BCUT2D eigenvalue weighted by Gasteiger charge is -2.29. The molecule has 2 nitrogen and oxygen atoms in total. The first-order valence-electron chi connectivity index (χ1n) is 5.68. The van der Waals surface area contributed by atoms with E-state index in [0.29, 0.717) is 5.54 Å². The molecule has 0 spiro atoms. The van der Waals surface area contributed by atoms with Crippen LogP contribution in [0, 0.1) is 5.92 Å². The van der Waals surface area contributed by atoms with Gasteiger partial charge in [0.2, 0.25) is 0 Å². The van der Waals surface area contributed by atoms with Crippen molar-refractivity contribution >= 4 is 0 Å². The first kappa shape index (κ1) is 9.47. The quantitative estimate of drug-likeness (QED) is 0.715. The fourth-order valence-corrected chi connectivity index (χ4v) is 2.66. The molecule has 0 saturated heterocycles. The van der Waals surface area contributed by atoms with Crippen LogP contribution in [0.2, 0.25) is 0 Å². The van der Waals surface area contributed by atoms with Gasteiger partial charge >= 0.3 is 0 Å². The van der Waals surface area contributed by atoms with E-state index in [2.05, 4.69) is 11.9 Å². The highest BCUT2D eigenvalue weighted by Gasteiger charge is 2.45. The van der Waals surface area contributed by atoms with Gasteiger partial charge in [-0.15, -0.1) is 0 Å². The molecule has 2 rings (SSSR count). The van der Waals surface area contributed by atoms with Crippen LogP contribution in [-0.2, 0) is 0 Å². The van der Waals surface area contributed by atoms with E-state index in [4.69, 9.17) is 5.73 Å². The molecule has 0 unspecified atom stereocenters. The summed E-state index contributed by atoms with van der Waals surface area (Å²) >= 11 is 0. The SMILES string of the molecule is CN(CC1CCCC1)C1(CN)CC1. The van der Waals surface area contributed by atoms with Gasteiger partial charge in [-0.05, 0) is 38.6 Å². The van der Waals surface area contributed by atoms with Gasteiger partial charge in [-0.1, -0.05) is 12.8 Å². The standard InChI is InChI=1S/C11H22N2/c1-13(11(9-12)6-7-11)8-10-4-2-3-5-10/h10H,2-9,12H2,1H3. The molecule has 2 saturated carbocycles. The molecule has 2 aliphatic carbocycles. The maximum absolute atomic E-state index is 5.80. The van der Waals surface area contributed by atoms with Gasteiger partial charge in [-0.3, -0.25) is 4.90 Å². The third-order valence-corrected chi connectivity index (χ3v) is 4.02. The Hall–Kier alpha value is -0.0800. The maximum atomic E-state index is 5.80. The zero-order valence-electron chi connectivity index (χ0n) is 8.76. The van der Waals surface area contributed by atoms with Crippen LogP contribution in [0.5, 0.6) is 0 Å². The third kappa shape index (κ3) is 1.89. The van der Waals surface area contributed by atoms with Crippen LogP contribution < -0.4 is 5.73 Å². The predicted octanol–water partition coefficient (Wildman–Crippen LogP) is 1.60. The molecular formula is C11H22N2. The van der Waals surface area contributed by atoms with Crippen LogP contribution in [0.4, 0.5) is 0 Å². The Labute approximate surface area is 81.5 Å². The largest absolute Gasteiger partial charge is 0.329 e. The molecule has 0 aromatic carbocycles. The van der Waals surface area contributed by atoms with E-state index in [9.17, 15) is 0 Å². The summed E-state index contributed by atoms with van der Waals surface area (Å²) in [6.45, 7) is 2.15. The third-order valence-electron chi connectivity index (χ3n) is 4.02. The van der Waals surface area contributed by atoms with Crippen LogP contribution >= 0.6 is 0 Å². The van der Waals surface area contributed by atoms with Gasteiger partial charge in [-0.2, -0.15) is 0 Å². The van der Waals surface area contributed by atoms with Crippen LogP contribution in [0.25, 0.3) is 0 Å². The fourth-order valence-electron chi connectivity index (χ4n) is 2.66. The number of hydrogen-bond acceptors (Lipinski definition) is 2. The minimum Gasteiger partial charge on any atom is -0.329 e. The van der Waals surface area contributed by atoms with Crippen molar-refractivity contribution < 1.29 is 0 Å². The van der Waals surface area contributed by atoms with E-state index in [1.54, 1.807) is 0 Å².